The van der Waals surface area contributed by atoms with Gasteiger partial charge in [-0.15, -0.1) is 0 Å². The fraction of sp³-hybridized carbons (Fsp3) is 0.235. The normalized spacial score (nSPS) is 12.0. The predicted octanol–water partition coefficient (Wildman–Crippen LogP) is 2.24. The monoisotopic (exact) mass is 326 g/mol. The van der Waals surface area contributed by atoms with Gasteiger partial charge in [0.05, 0.1) is 7.11 Å². The predicted molar refractivity (Wildman–Crippen MR) is 86.8 cm³/mol. The maximum atomic E-state index is 12.6. The van der Waals surface area contributed by atoms with Crippen LogP contribution in [0.2, 0.25) is 0 Å². The number of benzene rings is 1. The number of hydrogen-bond acceptors (Lipinski definition) is 5. The minimum absolute atomic E-state index is 0.235. The van der Waals surface area contributed by atoms with E-state index in [1.54, 1.807) is 24.7 Å². The Morgan fingerprint density at radius 3 is 2.71 bits per heavy atom. The average Bonchev–Trinajstić information content (AvgIpc) is 3.21. The number of carbonyl (C=O) groups is 1. The molecule has 0 unspecified atom stereocenters. The van der Waals surface area contributed by atoms with Crippen LogP contribution >= 0.6 is 0 Å². The van der Waals surface area contributed by atoms with Crippen molar-refractivity contribution in [3.63, 3.8) is 0 Å². The second-order valence-electron chi connectivity index (χ2n) is 5.32. The summed E-state index contributed by atoms with van der Waals surface area (Å²) < 4.78 is 12.2. The van der Waals surface area contributed by atoms with Gasteiger partial charge in [0.15, 0.2) is 5.82 Å². The van der Waals surface area contributed by atoms with E-state index in [0.29, 0.717) is 23.2 Å². The van der Waals surface area contributed by atoms with Crippen LogP contribution in [0.5, 0.6) is 5.75 Å². The molecule has 1 N–H and O–H groups in total. The molecule has 0 saturated carbocycles. The lowest BCUT2D eigenvalue weighted by Crippen LogP contribution is -2.31. The summed E-state index contributed by atoms with van der Waals surface area (Å²) in [4.78, 5) is 16.9. The first kappa shape index (κ1) is 15.8. The van der Waals surface area contributed by atoms with Crippen molar-refractivity contribution in [1.29, 1.82) is 0 Å². The molecule has 1 atom stereocenters. The van der Waals surface area contributed by atoms with Crippen LogP contribution in [0.4, 0.5) is 0 Å². The van der Waals surface area contributed by atoms with Crippen LogP contribution in [0.25, 0.3) is 0 Å². The summed E-state index contributed by atoms with van der Waals surface area (Å²) in [6.45, 7) is 1.70. The van der Waals surface area contributed by atoms with Gasteiger partial charge in [0, 0.05) is 25.7 Å². The van der Waals surface area contributed by atoms with Gasteiger partial charge in [-0.25, -0.2) is 0 Å². The average molecular weight is 326 g/mol. The van der Waals surface area contributed by atoms with E-state index in [4.69, 9.17) is 9.26 Å². The summed E-state index contributed by atoms with van der Waals surface area (Å²) in [5.41, 5.74) is 1.29. The van der Waals surface area contributed by atoms with Gasteiger partial charge in [0.25, 0.3) is 5.91 Å². The van der Waals surface area contributed by atoms with E-state index >= 15 is 0 Å². The highest BCUT2D eigenvalue weighted by atomic mass is 16.5. The molecule has 0 saturated heterocycles. The number of para-hydroxylation sites is 1. The Balaban J connectivity index is 2.00. The van der Waals surface area contributed by atoms with Crippen molar-refractivity contribution < 1.29 is 14.1 Å². The van der Waals surface area contributed by atoms with E-state index in [2.05, 4.69) is 15.5 Å². The summed E-state index contributed by atoms with van der Waals surface area (Å²) in [7, 11) is 3.39. The SMILES string of the molecule is COc1ccccc1[C@@H](NC(=O)c1cccn1C)c1noc(C)n1. The van der Waals surface area contributed by atoms with Gasteiger partial charge < -0.3 is 19.1 Å². The number of nitrogens with zero attached hydrogens (tertiary/aromatic N) is 3. The third-order valence-electron chi connectivity index (χ3n) is 3.70. The highest BCUT2D eigenvalue weighted by Gasteiger charge is 2.26. The second-order valence-corrected chi connectivity index (χ2v) is 5.32. The van der Waals surface area contributed by atoms with Crippen molar-refractivity contribution in [3.8, 4) is 5.75 Å². The summed E-state index contributed by atoms with van der Waals surface area (Å²) in [6.07, 6.45) is 1.81. The molecule has 0 radical (unpaired) electrons. The Kier molecular flexibility index (Phi) is 4.33. The Morgan fingerprint density at radius 1 is 1.29 bits per heavy atom. The molecule has 7 nitrogen and oxygen atoms in total. The molecule has 0 aliphatic carbocycles. The van der Waals surface area contributed by atoms with Crippen molar-refractivity contribution in [1.82, 2.24) is 20.0 Å². The van der Waals surface area contributed by atoms with Crippen LogP contribution in [0, 0.1) is 6.92 Å². The number of hydrogen-bond donors (Lipinski definition) is 1. The lowest BCUT2D eigenvalue weighted by Gasteiger charge is -2.18. The molecule has 124 valence electrons. The van der Waals surface area contributed by atoms with E-state index in [9.17, 15) is 4.79 Å². The van der Waals surface area contributed by atoms with E-state index in [0.717, 1.165) is 5.56 Å². The minimum Gasteiger partial charge on any atom is -0.496 e. The summed E-state index contributed by atoms with van der Waals surface area (Å²) in [5, 5.41) is 6.92. The quantitative estimate of drug-likeness (QED) is 0.777. The zero-order valence-electron chi connectivity index (χ0n) is 13.7. The Hall–Kier alpha value is -3.09. The van der Waals surface area contributed by atoms with Crippen molar-refractivity contribution in [2.75, 3.05) is 7.11 Å². The first-order valence-corrected chi connectivity index (χ1v) is 7.45. The Labute approximate surface area is 139 Å². The number of amides is 1. The van der Waals surface area contributed by atoms with Crippen LogP contribution in [-0.2, 0) is 7.05 Å². The zero-order chi connectivity index (χ0) is 17.1. The number of rotatable bonds is 5. The highest BCUT2D eigenvalue weighted by Crippen LogP contribution is 2.28. The van der Waals surface area contributed by atoms with Gasteiger partial charge in [-0.3, -0.25) is 4.79 Å². The molecule has 0 bridgehead atoms. The van der Waals surface area contributed by atoms with Gasteiger partial charge in [-0.1, -0.05) is 23.4 Å². The van der Waals surface area contributed by atoms with Crippen LogP contribution in [-0.4, -0.2) is 27.7 Å². The van der Waals surface area contributed by atoms with Crippen molar-refractivity contribution >= 4 is 5.91 Å². The summed E-state index contributed by atoms with van der Waals surface area (Å²) in [6, 6.07) is 10.4. The largest absolute Gasteiger partial charge is 0.496 e. The van der Waals surface area contributed by atoms with E-state index < -0.39 is 6.04 Å². The van der Waals surface area contributed by atoms with Crippen LogP contribution < -0.4 is 10.1 Å². The van der Waals surface area contributed by atoms with Crippen molar-refractivity contribution in [3.05, 3.63) is 65.6 Å². The molecule has 0 aliphatic rings. The maximum absolute atomic E-state index is 12.6. The molecule has 2 heterocycles. The number of methoxy groups -OCH3 is 1. The maximum Gasteiger partial charge on any atom is 0.268 e. The second kappa shape index (κ2) is 6.57. The van der Waals surface area contributed by atoms with Gasteiger partial charge in [-0.05, 0) is 18.2 Å². The summed E-state index contributed by atoms with van der Waals surface area (Å²) >= 11 is 0. The fourth-order valence-electron chi connectivity index (χ4n) is 2.52. The molecule has 0 spiro atoms. The van der Waals surface area contributed by atoms with E-state index in [1.165, 1.54) is 0 Å². The molecule has 3 aromatic rings. The van der Waals surface area contributed by atoms with Crippen molar-refractivity contribution in [2.24, 2.45) is 7.05 Å². The molecule has 1 amide bonds. The van der Waals surface area contributed by atoms with Gasteiger partial charge >= 0.3 is 0 Å². The number of aromatic nitrogens is 3. The first-order valence-electron chi connectivity index (χ1n) is 7.45. The third-order valence-corrected chi connectivity index (χ3v) is 3.70. The topological polar surface area (TPSA) is 82.2 Å². The zero-order valence-corrected chi connectivity index (χ0v) is 13.7. The van der Waals surface area contributed by atoms with Gasteiger partial charge in [0.2, 0.25) is 5.89 Å². The first-order chi connectivity index (χ1) is 11.6. The van der Waals surface area contributed by atoms with Crippen LogP contribution in [0.1, 0.15) is 33.8 Å². The molecule has 1 aromatic carbocycles. The Bertz CT molecular complexity index is 853. The van der Waals surface area contributed by atoms with Gasteiger partial charge in [0.1, 0.15) is 17.5 Å². The number of nitrogens with one attached hydrogen (secondary N) is 1. The molecular weight excluding hydrogens is 308 g/mol. The lowest BCUT2D eigenvalue weighted by molar-refractivity contribution is 0.0932. The van der Waals surface area contributed by atoms with E-state index in [-0.39, 0.29) is 5.91 Å². The molecule has 0 aliphatic heterocycles. The molecule has 0 fully saturated rings. The third kappa shape index (κ3) is 3.01. The molecule has 3 rings (SSSR count). The van der Waals surface area contributed by atoms with Crippen molar-refractivity contribution in [2.45, 2.75) is 13.0 Å². The smallest absolute Gasteiger partial charge is 0.268 e. The summed E-state index contributed by atoms with van der Waals surface area (Å²) in [5.74, 6) is 1.20. The van der Waals surface area contributed by atoms with Gasteiger partial charge in [-0.2, -0.15) is 4.98 Å². The van der Waals surface area contributed by atoms with Crippen LogP contribution in [0.3, 0.4) is 0 Å². The standard InChI is InChI=1S/C17H18N4O3/c1-11-18-16(20-24-11)15(12-7-4-5-9-14(12)23-3)19-17(22)13-8-6-10-21(13)2/h4-10,15H,1-3H3,(H,19,22)/t15-/m1/s1. The fourth-order valence-corrected chi connectivity index (χ4v) is 2.52. The molecule has 24 heavy (non-hydrogen) atoms. The number of carbonyl (C=O) groups excluding carboxylic acids is 1. The van der Waals surface area contributed by atoms with E-state index in [1.807, 2.05) is 43.6 Å². The Morgan fingerprint density at radius 2 is 2.08 bits per heavy atom. The number of ether oxygens (including phenoxy) is 1. The number of aryl methyl sites for hydroxylation is 2. The molecule has 7 heteroatoms. The van der Waals surface area contributed by atoms with Crippen LogP contribution in [0.15, 0.2) is 47.1 Å². The molecule has 2 aromatic heterocycles. The lowest BCUT2D eigenvalue weighted by atomic mass is 10.0. The molecular formula is C17H18N4O3. The highest BCUT2D eigenvalue weighted by molar-refractivity contribution is 5.93. The minimum atomic E-state index is -0.582.